The molecule has 4 aromatic heterocycles. The number of methoxy groups -OCH3 is 1. The van der Waals surface area contributed by atoms with Gasteiger partial charge in [0.2, 0.25) is 10.1 Å². The van der Waals surface area contributed by atoms with Crippen LogP contribution in [0.3, 0.4) is 0 Å². The molecule has 0 bridgehead atoms. The molecule has 0 unspecified atom stereocenters. The zero-order valence-electron chi connectivity index (χ0n) is 12.5. The summed E-state index contributed by atoms with van der Waals surface area (Å²) in [6, 6.07) is 6.03. The van der Waals surface area contributed by atoms with Crippen LogP contribution in [-0.4, -0.2) is 33.7 Å². The van der Waals surface area contributed by atoms with E-state index in [1.54, 1.807) is 42.2 Å². The minimum absolute atomic E-state index is 0.712. The van der Waals surface area contributed by atoms with Crippen LogP contribution in [0.5, 0.6) is 5.75 Å². The number of hydrogen-bond donors (Lipinski definition) is 0. The first kappa shape index (κ1) is 14.2. The normalized spacial score (nSPS) is 11.0. The molecule has 8 heteroatoms. The third-order valence-electron chi connectivity index (χ3n) is 3.44. The molecule has 0 aliphatic carbocycles. The number of nitrogens with zero attached hydrogens (tertiary/aromatic N) is 5. The molecule has 0 atom stereocenters. The molecule has 0 saturated carbocycles. The van der Waals surface area contributed by atoms with E-state index in [-0.39, 0.29) is 0 Å². The summed E-state index contributed by atoms with van der Waals surface area (Å²) in [6.45, 7) is 0. The van der Waals surface area contributed by atoms with Gasteiger partial charge in [-0.2, -0.15) is 0 Å². The Hall–Kier alpha value is -2.45. The van der Waals surface area contributed by atoms with Crippen LogP contribution in [0.2, 0.25) is 0 Å². The van der Waals surface area contributed by atoms with Crippen molar-refractivity contribution in [3.8, 4) is 17.0 Å². The van der Waals surface area contributed by atoms with Gasteiger partial charge in [0.05, 0.1) is 30.2 Å². The van der Waals surface area contributed by atoms with E-state index in [2.05, 4.69) is 26.3 Å². The summed E-state index contributed by atoms with van der Waals surface area (Å²) in [7, 11) is 3.64. The number of anilines is 2. The molecule has 0 aliphatic rings. The molecule has 0 radical (unpaired) electrons. The highest BCUT2D eigenvalue weighted by atomic mass is 32.1. The Labute approximate surface area is 140 Å². The van der Waals surface area contributed by atoms with E-state index in [4.69, 9.17) is 9.84 Å². The van der Waals surface area contributed by atoms with Gasteiger partial charge in [-0.1, -0.05) is 11.3 Å². The van der Waals surface area contributed by atoms with E-state index < -0.39 is 0 Å². The molecule has 116 valence electrons. The van der Waals surface area contributed by atoms with Crippen LogP contribution in [-0.2, 0) is 0 Å². The summed E-state index contributed by atoms with van der Waals surface area (Å²) < 4.78 is 7.09. The van der Waals surface area contributed by atoms with Gasteiger partial charge in [0.1, 0.15) is 5.75 Å². The van der Waals surface area contributed by atoms with Crippen molar-refractivity contribution in [1.29, 1.82) is 0 Å². The highest BCUT2D eigenvalue weighted by molar-refractivity contribution is 7.21. The van der Waals surface area contributed by atoms with Crippen molar-refractivity contribution < 1.29 is 4.74 Å². The minimum Gasteiger partial charge on any atom is -0.495 e. The fourth-order valence-corrected chi connectivity index (χ4v) is 3.85. The Morgan fingerprint density at radius 1 is 1.26 bits per heavy atom. The monoisotopic (exact) mass is 343 g/mol. The molecule has 23 heavy (non-hydrogen) atoms. The molecule has 0 aromatic carbocycles. The quantitative estimate of drug-likeness (QED) is 0.566. The predicted octanol–water partition coefficient (Wildman–Crippen LogP) is 3.69. The summed E-state index contributed by atoms with van der Waals surface area (Å²) in [6.07, 6.45) is 5.27. The second-order valence-corrected chi connectivity index (χ2v) is 6.71. The summed E-state index contributed by atoms with van der Waals surface area (Å²) >= 11 is 3.23. The number of hydrogen-bond acceptors (Lipinski definition) is 7. The van der Waals surface area contributed by atoms with Crippen molar-refractivity contribution in [1.82, 2.24) is 19.6 Å². The maximum Gasteiger partial charge on any atom is 0.214 e. The van der Waals surface area contributed by atoms with Gasteiger partial charge in [-0.25, -0.2) is 9.50 Å². The highest BCUT2D eigenvalue weighted by Gasteiger charge is 2.16. The Kier molecular flexibility index (Phi) is 3.47. The SMILES string of the molecule is COc1cncc(-c2cnc3sc(N(C)c4cccs4)nn23)c1. The molecule has 0 fully saturated rings. The number of pyridine rings is 1. The van der Waals surface area contributed by atoms with E-state index in [1.807, 2.05) is 29.9 Å². The van der Waals surface area contributed by atoms with Crippen molar-refractivity contribution in [2.45, 2.75) is 0 Å². The van der Waals surface area contributed by atoms with Gasteiger partial charge in [-0.05, 0) is 23.6 Å². The summed E-state index contributed by atoms with van der Waals surface area (Å²) in [5, 5.41) is 8.79. The first-order valence-corrected chi connectivity index (χ1v) is 8.57. The molecule has 0 amide bonds. The van der Waals surface area contributed by atoms with Crippen LogP contribution in [0.4, 0.5) is 10.1 Å². The molecular weight excluding hydrogens is 330 g/mol. The maximum absolute atomic E-state index is 5.24. The first-order valence-electron chi connectivity index (χ1n) is 6.87. The van der Waals surface area contributed by atoms with Gasteiger partial charge >= 0.3 is 0 Å². The topological polar surface area (TPSA) is 55.6 Å². The molecule has 6 nitrogen and oxygen atoms in total. The van der Waals surface area contributed by atoms with Crippen molar-refractivity contribution in [2.75, 3.05) is 19.1 Å². The van der Waals surface area contributed by atoms with Crippen LogP contribution in [0.15, 0.2) is 42.2 Å². The third-order valence-corrected chi connectivity index (χ3v) is 5.39. The van der Waals surface area contributed by atoms with Gasteiger partial charge < -0.3 is 9.64 Å². The van der Waals surface area contributed by atoms with E-state index in [9.17, 15) is 0 Å². The number of rotatable bonds is 4. The molecule has 4 aromatic rings. The van der Waals surface area contributed by atoms with E-state index >= 15 is 0 Å². The summed E-state index contributed by atoms with van der Waals surface area (Å²) in [5.74, 6) is 0.712. The zero-order chi connectivity index (χ0) is 15.8. The lowest BCUT2D eigenvalue weighted by molar-refractivity contribution is 0.413. The second-order valence-electron chi connectivity index (χ2n) is 4.85. The highest BCUT2D eigenvalue weighted by Crippen LogP contribution is 2.33. The van der Waals surface area contributed by atoms with Crippen LogP contribution in [0, 0.1) is 0 Å². The number of thiophene rings is 1. The van der Waals surface area contributed by atoms with E-state index in [0.29, 0.717) is 5.75 Å². The molecule has 0 spiro atoms. The second kappa shape index (κ2) is 5.64. The average Bonchev–Trinajstić information content (AvgIpc) is 3.30. The molecule has 4 heterocycles. The average molecular weight is 343 g/mol. The van der Waals surface area contributed by atoms with Crippen LogP contribution < -0.4 is 9.64 Å². The first-order chi connectivity index (χ1) is 11.3. The summed E-state index contributed by atoms with van der Waals surface area (Å²) in [4.78, 5) is 11.6. The van der Waals surface area contributed by atoms with E-state index in [0.717, 1.165) is 26.4 Å². The van der Waals surface area contributed by atoms with Crippen molar-refractivity contribution >= 4 is 37.8 Å². The fourth-order valence-electron chi connectivity index (χ4n) is 2.24. The summed E-state index contributed by atoms with van der Waals surface area (Å²) in [5.41, 5.74) is 1.82. The van der Waals surface area contributed by atoms with Gasteiger partial charge in [0.25, 0.3) is 0 Å². The largest absolute Gasteiger partial charge is 0.495 e. The van der Waals surface area contributed by atoms with Crippen LogP contribution in [0.1, 0.15) is 0 Å². The standard InChI is InChI=1S/C15H13N5OS2/c1-19(13-4-3-5-22-13)15-18-20-12(9-17-14(20)23-15)10-6-11(21-2)8-16-7-10/h3-9H,1-2H3. The van der Waals surface area contributed by atoms with E-state index in [1.165, 1.54) is 0 Å². The van der Waals surface area contributed by atoms with Gasteiger partial charge in [0.15, 0.2) is 0 Å². The third kappa shape index (κ3) is 2.45. The molecular formula is C15H13N5OS2. The number of fused-ring (bicyclic) bond motifs is 1. The predicted molar refractivity (Wildman–Crippen MR) is 93.0 cm³/mol. The van der Waals surface area contributed by atoms with Gasteiger partial charge in [-0.15, -0.1) is 16.4 Å². The maximum atomic E-state index is 5.24. The minimum atomic E-state index is 0.712. The smallest absolute Gasteiger partial charge is 0.214 e. The van der Waals surface area contributed by atoms with Crippen LogP contribution >= 0.6 is 22.7 Å². The fraction of sp³-hybridized carbons (Fsp3) is 0.133. The lowest BCUT2D eigenvalue weighted by Crippen LogP contribution is -2.07. The Morgan fingerprint density at radius 2 is 2.17 bits per heavy atom. The molecule has 0 saturated heterocycles. The molecule has 0 aliphatic heterocycles. The van der Waals surface area contributed by atoms with Gasteiger partial charge in [0, 0.05) is 18.8 Å². The van der Waals surface area contributed by atoms with Crippen molar-refractivity contribution in [2.24, 2.45) is 0 Å². The van der Waals surface area contributed by atoms with Gasteiger partial charge in [-0.3, -0.25) is 4.98 Å². The van der Waals surface area contributed by atoms with Crippen molar-refractivity contribution in [3.05, 3.63) is 42.2 Å². The number of ether oxygens (including phenoxy) is 1. The molecule has 0 N–H and O–H groups in total. The number of imidazole rings is 1. The van der Waals surface area contributed by atoms with Crippen LogP contribution in [0.25, 0.3) is 16.2 Å². The Morgan fingerprint density at radius 3 is 2.96 bits per heavy atom. The zero-order valence-corrected chi connectivity index (χ0v) is 14.1. The molecule has 4 rings (SSSR count). The number of aromatic nitrogens is 4. The lowest BCUT2D eigenvalue weighted by Gasteiger charge is -2.11. The van der Waals surface area contributed by atoms with Crippen molar-refractivity contribution in [3.63, 3.8) is 0 Å². The Balaban J connectivity index is 1.77. The lowest BCUT2D eigenvalue weighted by atomic mass is 10.2. The Bertz CT molecular complexity index is 944.